The highest BCUT2D eigenvalue weighted by Gasteiger charge is 2.46. The summed E-state index contributed by atoms with van der Waals surface area (Å²) in [4.78, 5) is 29.2. The number of nitrogens with zero attached hydrogens (tertiary/aromatic N) is 1. The first kappa shape index (κ1) is 16.7. The van der Waals surface area contributed by atoms with E-state index in [9.17, 15) is 9.59 Å². The molecule has 2 aliphatic carbocycles. The normalized spacial score (nSPS) is 26.5. The molecule has 3 rings (SSSR count). The first-order valence-electron chi connectivity index (χ1n) is 8.65. The predicted octanol–water partition coefficient (Wildman–Crippen LogP) is 3.02. The van der Waals surface area contributed by atoms with Gasteiger partial charge in [0, 0.05) is 6.20 Å². The van der Waals surface area contributed by atoms with Crippen molar-refractivity contribution in [3.05, 3.63) is 41.7 Å². The van der Waals surface area contributed by atoms with Crippen LogP contribution in [0.25, 0.3) is 0 Å². The highest BCUT2D eigenvalue weighted by molar-refractivity contribution is 5.96. The van der Waals surface area contributed by atoms with E-state index in [0.29, 0.717) is 24.5 Å². The average Bonchev–Trinajstić information content (AvgIpc) is 3.16. The van der Waals surface area contributed by atoms with E-state index in [1.165, 1.54) is 19.1 Å². The van der Waals surface area contributed by atoms with Crippen molar-refractivity contribution < 1.29 is 14.3 Å². The molecule has 1 amide bonds. The number of carbonyl (C=O) groups is 2. The highest BCUT2D eigenvalue weighted by atomic mass is 16.5. The summed E-state index contributed by atoms with van der Waals surface area (Å²) in [6, 6.07) is 5.18. The van der Waals surface area contributed by atoms with E-state index in [1.54, 1.807) is 24.4 Å². The van der Waals surface area contributed by atoms with Crippen LogP contribution in [-0.2, 0) is 9.53 Å². The van der Waals surface area contributed by atoms with Gasteiger partial charge >= 0.3 is 5.97 Å². The number of methoxy groups -OCH3 is 1. The number of amides is 1. The van der Waals surface area contributed by atoms with E-state index in [4.69, 9.17) is 4.74 Å². The lowest BCUT2D eigenvalue weighted by Gasteiger charge is -2.39. The number of pyridine rings is 1. The van der Waals surface area contributed by atoms with Crippen LogP contribution in [0.4, 0.5) is 0 Å². The van der Waals surface area contributed by atoms with Crippen molar-refractivity contribution in [1.29, 1.82) is 0 Å². The van der Waals surface area contributed by atoms with E-state index < -0.39 is 5.54 Å². The molecule has 128 valence electrons. The zero-order valence-electron chi connectivity index (χ0n) is 14.1. The zero-order valence-corrected chi connectivity index (χ0v) is 14.1. The maximum absolute atomic E-state index is 12.6. The smallest absolute Gasteiger partial charge is 0.331 e. The number of hydrogen-bond acceptors (Lipinski definition) is 4. The maximum Gasteiger partial charge on any atom is 0.331 e. The second kappa shape index (κ2) is 7.16. The Kier molecular flexibility index (Phi) is 4.97. The third kappa shape index (κ3) is 3.35. The molecule has 5 heteroatoms. The van der Waals surface area contributed by atoms with E-state index in [2.05, 4.69) is 16.4 Å². The molecular weight excluding hydrogens is 304 g/mol. The molecule has 1 aromatic heterocycles. The van der Waals surface area contributed by atoms with Crippen molar-refractivity contribution in [1.82, 2.24) is 10.3 Å². The molecule has 1 fully saturated rings. The van der Waals surface area contributed by atoms with Gasteiger partial charge in [-0.05, 0) is 63.0 Å². The maximum atomic E-state index is 12.6. The Morgan fingerprint density at radius 2 is 2.21 bits per heavy atom. The Labute approximate surface area is 142 Å². The zero-order chi connectivity index (χ0) is 17.0. The van der Waals surface area contributed by atoms with Crippen molar-refractivity contribution in [2.45, 2.75) is 50.5 Å². The minimum absolute atomic E-state index is 0.318. The first-order chi connectivity index (χ1) is 11.6. The fourth-order valence-corrected chi connectivity index (χ4v) is 3.98. The van der Waals surface area contributed by atoms with Gasteiger partial charge in [0.1, 0.15) is 11.2 Å². The minimum atomic E-state index is -0.949. The van der Waals surface area contributed by atoms with Gasteiger partial charge in [-0.2, -0.15) is 0 Å². The van der Waals surface area contributed by atoms with E-state index in [-0.39, 0.29) is 11.9 Å². The number of rotatable bonds is 4. The topological polar surface area (TPSA) is 68.3 Å². The van der Waals surface area contributed by atoms with E-state index in [0.717, 1.165) is 25.7 Å². The largest absolute Gasteiger partial charge is 0.467 e. The summed E-state index contributed by atoms with van der Waals surface area (Å²) in [5, 5.41) is 2.95. The summed E-state index contributed by atoms with van der Waals surface area (Å²) in [7, 11) is 1.38. The Morgan fingerprint density at radius 1 is 1.33 bits per heavy atom. The third-order valence-electron chi connectivity index (χ3n) is 5.18. The summed E-state index contributed by atoms with van der Waals surface area (Å²) in [6.45, 7) is 0. The quantitative estimate of drug-likeness (QED) is 0.681. The number of esters is 1. The van der Waals surface area contributed by atoms with Gasteiger partial charge < -0.3 is 10.1 Å². The number of carbonyl (C=O) groups excluding carboxylic acids is 2. The van der Waals surface area contributed by atoms with Gasteiger partial charge in [-0.3, -0.25) is 9.78 Å². The first-order valence-corrected chi connectivity index (χ1v) is 8.65. The van der Waals surface area contributed by atoms with Crippen molar-refractivity contribution in [3.8, 4) is 0 Å². The van der Waals surface area contributed by atoms with Gasteiger partial charge in [-0.25, -0.2) is 4.79 Å². The Bertz CT molecular complexity index is 641. The van der Waals surface area contributed by atoms with Crippen LogP contribution in [0.15, 0.2) is 36.0 Å². The summed E-state index contributed by atoms with van der Waals surface area (Å²) in [5.74, 6) is -0.318. The molecule has 0 aromatic carbocycles. The van der Waals surface area contributed by atoms with Gasteiger partial charge in [-0.1, -0.05) is 17.7 Å². The second-order valence-electron chi connectivity index (χ2n) is 6.71. The van der Waals surface area contributed by atoms with Gasteiger partial charge in [-0.15, -0.1) is 0 Å². The monoisotopic (exact) mass is 328 g/mol. The van der Waals surface area contributed by atoms with E-state index >= 15 is 0 Å². The fraction of sp³-hybridized carbons (Fsp3) is 0.526. The Balaban J connectivity index is 1.82. The van der Waals surface area contributed by atoms with E-state index in [1.807, 2.05) is 0 Å². The summed E-state index contributed by atoms with van der Waals surface area (Å²) < 4.78 is 5.05. The molecule has 0 bridgehead atoms. The number of aromatic nitrogens is 1. The molecule has 1 aromatic rings. The number of ether oxygens (including phenoxy) is 1. The van der Waals surface area contributed by atoms with Gasteiger partial charge in [0.2, 0.25) is 0 Å². The average molecular weight is 328 g/mol. The molecule has 2 atom stereocenters. The molecule has 2 aliphatic rings. The van der Waals surface area contributed by atoms with Gasteiger partial charge in [0.25, 0.3) is 5.91 Å². The molecule has 1 heterocycles. The molecule has 0 saturated heterocycles. The number of allylic oxidation sites excluding steroid dienone is 2. The van der Waals surface area contributed by atoms with Crippen LogP contribution < -0.4 is 5.32 Å². The summed E-state index contributed by atoms with van der Waals surface area (Å²) in [6.07, 6.45) is 10.5. The highest BCUT2D eigenvalue weighted by Crippen LogP contribution is 2.40. The molecule has 1 saturated carbocycles. The van der Waals surface area contributed by atoms with Crippen LogP contribution in [0.3, 0.4) is 0 Å². The van der Waals surface area contributed by atoms with Crippen LogP contribution in [-0.4, -0.2) is 29.5 Å². The van der Waals surface area contributed by atoms with Crippen molar-refractivity contribution in [2.24, 2.45) is 5.92 Å². The molecule has 0 aliphatic heterocycles. The fourth-order valence-electron chi connectivity index (χ4n) is 3.98. The van der Waals surface area contributed by atoms with Crippen LogP contribution >= 0.6 is 0 Å². The van der Waals surface area contributed by atoms with Crippen molar-refractivity contribution >= 4 is 11.9 Å². The molecule has 2 unspecified atom stereocenters. The molecule has 0 radical (unpaired) electrons. The lowest BCUT2D eigenvalue weighted by Crippen LogP contribution is -2.57. The van der Waals surface area contributed by atoms with Crippen molar-refractivity contribution in [3.63, 3.8) is 0 Å². The molecule has 5 nitrogen and oxygen atoms in total. The summed E-state index contributed by atoms with van der Waals surface area (Å²) >= 11 is 0. The lowest BCUT2D eigenvalue weighted by atomic mass is 9.72. The van der Waals surface area contributed by atoms with Crippen LogP contribution in [0.1, 0.15) is 55.4 Å². The SMILES string of the molecule is COC(=O)C1(NC(=O)c2ccccn2)CCCC(C2=CCCC2)C1. The predicted molar refractivity (Wildman–Crippen MR) is 90.3 cm³/mol. The van der Waals surface area contributed by atoms with Crippen LogP contribution in [0, 0.1) is 5.92 Å². The minimum Gasteiger partial charge on any atom is -0.467 e. The molecule has 24 heavy (non-hydrogen) atoms. The standard InChI is InChI=1S/C19H24N2O3/c1-24-18(23)19(21-17(22)16-10-4-5-12-20-16)11-6-9-15(13-19)14-7-2-3-8-14/h4-5,7,10,12,15H,2-3,6,8-9,11,13H2,1H3,(H,21,22). The Hall–Kier alpha value is -2.17. The van der Waals surface area contributed by atoms with Crippen LogP contribution in [0.2, 0.25) is 0 Å². The molecule has 0 spiro atoms. The number of hydrogen-bond donors (Lipinski definition) is 1. The molecule has 1 N–H and O–H groups in total. The Morgan fingerprint density at radius 3 is 2.88 bits per heavy atom. The third-order valence-corrected chi connectivity index (χ3v) is 5.18. The van der Waals surface area contributed by atoms with Crippen LogP contribution in [0.5, 0.6) is 0 Å². The summed E-state index contributed by atoms with van der Waals surface area (Å²) in [5.41, 5.74) is 0.813. The van der Waals surface area contributed by atoms with Gasteiger partial charge in [0.15, 0.2) is 0 Å². The number of nitrogens with one attached hydrogen (secondary N) is 1. The van der Waals surface area contributed by atoms with Crippen molar-refractivity contribution in [2.75, 3.05) is 7.11 Å². The molecular formula is C19H24N2O3. The van der Waals surface area contributed by atoms with Gasteiger partial charge in [0.05, 0.1) is 7.11 Å². The lowest BCUT2D eigenvalue weighted by molar-refractivity contribution is -0.150. The second-order valence-corrected chi connectivity index (χ2v) is 6.71.